The van der Waals surface area contributed by atoms with Crippen LogP contribution in [0.2, 0.25) is 0 Å². The van der Waals surface area contributed by atoms with Gasteiger partial charge in [0.25, 0.3) is 0 Å². The lowest BCUT2D eigenvalue weighted by Gasteiger charge is -2.41. The van der Waals surface area contributed by atoms with Gasteiger partial charge in [-0.2, -0.15) is 5.10 Å². The number of rotatable bonds is 8. The molecule has 3 rings (SSSR count). The van der Waals surface area contributed by atoms with Gasteiger partial charge >= 0.3 is 0 Å². The normalized spacial score (nSPS) is 19.4. The second kappa shape index (κ2) is 9.13. The summed E-state index contributed by atoms with van der Waals surface area (Å²) in [6, 6.07) is 11.0. The number of aliphatic hydroxyl groups is 1. The number of benzene rings is 1. The number of hydrogen-bond donors (Lipinski definition) is 1. The van der Waals surface area contributed by atoms with Crippen molar-refractivity contribution in [1.29, 1.82) is 0 Å². The van der Waals surface area contributed by atoms with Gasteiger partial charge < -0.3 is 10.0 Å². The quantitative estimate of drug-likeness (QED) is 0.798. The first-order valence-electron chi connectivity index (χ1n) is 9.35. The lowest BCUT2D eigenvalue weighted by Crippen LogP contribution is -2.53. The van der Waals surface area contributed by atoms with E-state index in [1.165, 1.54) is 11.1 Å². The van der Waals surface area contributed by atoms with Crippen LogP contribution in [0, 0.1) is 6.92 Å². The van der Waals surface area contributed by atoms with Crippen LogP contribution in [0.5, 0.6) is 0 Å². The van der Waals surface area contributed by atoms with Crippen LogP contribution in [0.3, 0.4) is 0 Å². The van der Waals surface area contributed by atoms with E-state index in [9.17, 15) is 5.11 Å². The highest BCUT2D eigenvalue weighted by Gasteiger charge is 2.26. The molecule has 1 atom stereocenters. The highest BCUT2D eigenvalue weighted by Crippen LogP contribution is 2.18. The SMILES string of the molecule is Cc1ccccc1CN1CCN(CCCn2cccn2)C[C@@H]1CCO. The van der Waals surface area contributed by atoms with Gasteiger partial charge in [0.15, 0.2) is 0 Å². The number of hydrogen-bond acceptors (Lipinski definition) is 4. The third kappa shape index (κ3) is 5.14. The first-order chi connectivity index (χ1) is 12.3. The molecular formula is C20H30N4O. The van der Waals surface area contributed by atoms with Crippen molar-refractivity contribution >= 4 is 0 Å². The smallest absolute Gasteiger partial charge is 0.0489 e. The minimum Gasteiger partial charge on any atom is -0.396 e. The summed E-state index contributed by atoms with van der Waals surface area (Å²) in [7, 11) is 0. The monoisotopic (exact) mass is 342 g/mol. The second-order valence-corrected chi connectivity index (χ2v) is 6.99. The maximum Gasteiger partial charge on any atom is 0.0489 e. The van der Waals surface area contributed by atoms with Crippen LogP contribution in [-0.2, 0) is 13.1 Å². The predicted molar refractivity (Wildman–Crippen MR) is 100 cm³/mol. The van der Waals surface area contributed by atoms with Gasteiger partial charge in [0, 0.05) is 64.3 Å². The molecule has 5 heteroatoms. The fraction of sp³-hybridized carbons (Fsp3) is 0.550. The molecule has 25 heavy (non-hydrogen) atoms. The largest absolute Gasteiger partial charge is 0.396 e. The van der Waals surface area contributed by atoms with E-state index in [4.69, 9.17) is 0 Å². The summed E-state index contributed by atoms with van der Waals surface area (Å²) < 4.78 is 2.00. The first kappa shape index (κ1) is 18.1. The number of aryl methyl sites for hydroxylation is 2. The summed E-state index contributed by atoms with van der Waals surface area (Å²) in [6.07, 6.45) is 5.82. The minimum absolute atomic E-state index is 0.260. The molecule has 5 nitrogen and oxygen atoms in total. The lowest BCUT2D eigenvalue weighted by molar-refractivity contribution is 0.0524. The number of nitrogens with zero attached hydrogens (tertiary/aromatic N) is 4. The fourth-order valence-corrected chi connectivity index (χ4v) is 3.69. The summed E-state index contributed by atoms with van der Waals surface area (Å²) in [6.45, 7) is 8.72. The molecule has 1 aromatic carbocycles. The Balaban J connectivity index is 1.52. The zero-order chi connectivity index (χ0) is 17.5. The minimum atomic E-state index is 0.260. The van der Waals surface area contributed by atoms with Crippen LogP contribution >= 0.6 is 0 Å². The summed E-state index contributed by atoms with van der Waals surface area (Å²) in [5.41, 5.74) is 2.75. The van der Waals surface area contributed by atoms with Gasteiger partial charge in [-0.3, -0.25) is 9.58 Å². The Hall–Kier alpha value is -1.69. The maximum absolute atomic E-state index is 9.49. The van der Waals surface area contributed by atoms with Crippen molar-refractivity contribution in [2.75, 3.05) is 32.8 Å². The molecule has 0 saturated carbocycles. The first-order valence-corrected chi connectivity index (χ1v) is 9.35. The second-order valence-electron chi connectivity index (χ2n) is 6.99. The number of aromatic nitrogens is 2. The van der Waals surface area contributed by atoms with Crippen LogP contribution in [0.4, 0.5) is 0 Å². The molecule has 0 bridgehead atoms. The average Bonchev–Trinajstić information content (AvgIpc) is 3.13. The van der Waals surface area contributed by atoms with Crippen molar-refractivity contribution in [2.24, 2.45) is 0 Å². The average molecular weight is 342 g/mol. The third-order valence-electron chi connectivity index (χ3n) is 5.21. The summed E-state index contributed by atoms with van der Waals surface area (Å²) in [4.78, 5) is 5.08. The predicted octanol–water partition coefficient (Wildman–Crippen LogP) is 2.15. The highest BCUT2D eigenvalue weighted by atomic mass is 16.3. The zero-order valence-electron chi connectivity index (χ0n) is 15.2. The third-order valence-corrected chi connectivity index (χ3v) is 5.21. The zero-order valence-corrected chi connectivity index (χ0v) is 15.2. The van der Waals surface area contributed by atoms with Crippen molar-refractivity contribution < 1.29 is 5.11 Å². The van der Waals surface area contributed by atoms with Crippen molar-refractivity contribution in [3.8, 4) is 0 Å². The summed E-state index contributed by atoms with van der Waals surface area (Å²) >= 11 is 0. The van der Waals surface area contributed by atoms with Gasteiger partial charge in [-0.15, -0.1) is 0 Å². The molecule has 1 aliphatic rings. The Morgan fingerprint density at radius 2 is 2.04 bits per heavy atom. The molecule has 2 aromatic rings. The fourth-order valence-electron chi connectivity index (χ4n) is 3.69. The Morgan fingerprint density at radius 3 is 2.80 bits per heavy atom. The molecule has 1 fully saturated rings. The summed E-state index contributed by atoms with van der Waals surface area (Å²) in [5.74, 6) is 0. The van der Waals surface area contributed by atoms with Crippen molar-refractivity contribution in [2.45, 2.75) is 38.9 Å². The standard InChI is InChI=1S/C20H30N4O/c1-18-6-2-3-7-19(18)16-23-14-13-22(17-20(23)8-15-25)10-5-12-24-11-4-9-21-24/h2-4,6-7,9,11,20,25H,5,8,10,12-17H2,1H3/t20-/m0/s1. The van der Waals surface area contributed by atoms with E-state index in [0.717, 1.165) is 52.1 Å². The van der Waals surface area contributed by atoms with Crippen molar-refractivity contribution in [3.05, 3.63) is 53.9 Å². The Bertz CT molecular complexity index is 628. The Morgan fingerprint density at radius 1 is 1.16 bits per heavy atom. The molecule has 1 saturated heterocycles. The molecular weight excluding hydrogens is 312 g/mol. The maximum atomic E-state index is 9.49. The van der Waals surface area contributed by atoms with Crippen LogP contribution in [0.1, 0.15) is 24.0 Å². The van der Waals surface area contributed by atoms with Gasteiger partial charge in [0.2, 0.25) is 0 Å². The summed E-state index contributed by atoms with van der Waals surface area (Å²) in [5, 5.41) is 13.8. The lowest BCUT2D eigenvalue weighted by atomic mass is 10.0. The molecule has 1 aromatic heterocycles. The van der Waals surface area contributed by atoms with Gasteiger partial charge in [-0.05, 0) is 37.0 Å². The molecule has 136 valence electrons. The van der Waals surface area contributed by atoms with Gasteiger partial charge in [0.05, 0.1) is 0 Å². The van der Waals surface area contributed by atoms with E-state index in [1.807, 2.05) is 23.1 Å². The molecule has 0 aliphatic carbocycles. The van der Waals surface area contributed by atoms with Gasteiger partial charge in [-0.1, -0.05) is 24.3 Å². The van der Waals surface area contributed by atoms with Crippen molar-refractivity contribution in [1.82, 2.24) is 19.6 Å². The molecule has 1 N–H and O–H groups in total. The number of aliphatic hydroxyl groups excluding tert-OH is 1. The van der Waals surface area contributed by atoms with E-state index in [0.29, 0.717) is 6.04 Å². The number of piperazine rings is 1. The molecule has 1 aliphatic heterocycles. The topological polar surface area (TPSA) is 44.5 Å². The molecule has 0 amide bonds. The molecule has 0 unspecified atom stereocenters. The van der Waals surface area contributed by atoms with Crippen molar-refractivity contribution in [3.63, 3.8) is 0 Å². The van der Waals surface area contributed by atoms with Crippen LogP contribution in [-0.4, -0.2) is 63.5 Å². The van der Waals surface area contributed by atoms with E-state index in [1.54, 1.807) is 0 Å². The van der Waals surface area contributed by atoms with E-state index in [2.05, 4.69) is 46.1 Å². The van der Waals surface area contributed by atoms with Crippen LogP contribution < -0.4 is 0 Å². The van der Waals surface area contributed by atoms with Crippen LogP contribution in [0.25, 0.3) is 0 Å². The molecule has 2 heterocycles. The van der Waals surface area contributed by atoms with E-state index in [-0.39, 0.29) is 6.61 Å². The highest BCUT2D eigenvalue weighted by molar-refractivity contribution is 5.25. The molecule has 0 spiro atoms. The molecule has 0 radical (unpaired) electrons. The van der Waals surface area contributed by atoms with Gasteiger partial charge in [0.1, 0.15) is 0 Å². The Kier molecular flexibility index (Phi) is 6.62. The van der Waals surface area contributed by atoms with E-state index < -0.39 is 0 Å². The van der Waals surface area contributed by atoms with E-state index >= 15 is 0 Å². The Labute approximate surface area is 150 Å². The van der Waals surface area contributed by atoms with Gasteiger partial charge in [-0.25, -0.2) is 0 Å². The van der Waals surface area contributed by atoms with Crippen LogP contribution in [0.15, 0.2) is 42.7 Å².